The van der Waals surface area contributed by atoms with Crippen molar-refractivity contribution < 1.29 is 29.7 Å². The van der Waals surface area contributed by atoms with Gasteiger partial charge in [0.25, 0.3) is 0 Å². The fraction of sp³-hybridized carbons (Fsp3) is 0.250. The maximum atomic E-state index is 12.1. The second kappa shape index (κ2) is 4.38. The lowest BCUT2D eigenvalue weighted by atomic mass is 10.1. The summed E-state index contributed by atoms with van der Waals surface area (Å²) in [4.78, 5) is 0. The van der Waals surface area contributed by atoms with Gasteiger partial charge in [-0.05, 0) is 17.7 Å². The van der Waals surface area contributed by atoms with E-state index in [1.54, 1.807) is 0 Å². The molecule has 0 aliphatic heterocycles. The number of hydrogen-bond donors (Lipinski definition) is 0. The summed E-state index contributed by atoms with van der Waals surface area (Å²) in [6.07, 6.45) is -4.47. The van der Waals surface area contributed by atoms with Crippen molar-refractivity contribution in [3.05, 3.63) is 35.4 Å². The smallest absolute Gasteiger partial charge is 0.240 e. The zero-order valence-corrected chi connectivity index (χ0v) is 8.48. The van der Waals surface area contributed by atoms with Gasteiger partial charge in [0.1, 0.15) is 0 Å². The molecular formula is C8H6F4O3S. The molecule has 3 nitrogen and oxygen atoms in total. The average Bonchev–Trinajstić information content (AvgIpc) is 2.13. The van der Waals surface area contributed by atoms with Crippen molar-refractivity contribution >= 4 is 10.5 Å². The van der Waals surface area contributed by atoms with Crippen LogP contribution in [-0.4, -0.2) is 8.42 Å². The van der Waals surface area contributed by atoms with Crippen LogP contribution in [0.3, 0.4) is 0 Å². The Bertz CT molecular complexity index is 449. The highest BCUT2D eigenvalue weighted by Crippen LogP contribution is 2.29. The van der Waals surface area contributed by atoms with Crippen molar-refractivity contribution in [2.75, 3.05) is 0 Å². The van der Waals surface area contributed by atoms with E-state index in [1.165, 1.54) is 0 Å². The van der Waals surface area contributed by atoms with Crippen molar-refractivity contribution in [3.8, 4) is 0 Å². The summed E-state index contributed by atoms with van der Waals surface area (Å²) < 4.78 is 71.9. The van der Waals surface area contributed by atoms with Crippen LogP contribution in [0.2, 0.25) is 0 Å². The van der Waals surface area contributed by atoms with Gasteiger partial charge < -0.3 is 0 Å². The van der Waals surface area contributed by atoms with Gasteiger partial charge in [-0.1, -0.05) is 16.0 Å². The molecule has 0 saturated carbocycles. The summed E-state index contributed by atoms with van der Waals surface area (Å²) in [7, 11) is -5.08. The molecule has 16 heavy (non-hydrogen) atoms. The summed E-state index contributed by atoms with van der Waals surface area (Å²) in [6, 6.07) is 3.52. The minimum atomic E-state index is -5.08. The van der Waals surface area contributed by atoms with E-state index >= 15 is 0 Å². The van der Waals surface area contributed by atoms with E-state index in [2.05, 4.69) is 4.18 Å². The maximum Gasteiger partial charge on any atom is 0.437 e. The van der Waals surface area contributed by atoms with Gasteiger partial charge in [-0.2, -0.15) is 21.6 Å². The first-order valence-electron chi connectivity index (χ1n) is 3.93. The molecule has 0 saturated heterocycles. The molecular weight excluding hydrogens is 252 g/mol. The van der Waals surface area contributed by atoms with Crippen LogP contribution in [0.5, 0.6) is 0 Å². The van der Waals surface area contributed by atoms with Crippen molar-refractivity contribution in [1.82, 2.24) is 0 Å². The third kappa shape index (κ3) is 4.15. The molecule has 1 aromatic rings. The first-order chi connectivity index (χ1) is 7.18. The van der Waals surface area contributed by atoms with Gasteiger partial charge in [-0.3, -0.25) is 0 Å². The first kappa shape index (κ1) is 12.9. The Morgan fingerprint density at radius 1 is 1.12 bits per heavy atom. The summed E-state index contributed by atoms with van der Waals surface area (Å²) in [6.45, 7) is -0.642. The van der Waals surface area contributed by atoms with Gasteiger partial charge in [-0.15, -0.1) is 0 Å². The van der Waals surface area contributed by atoms with Gasteiger partial charge in [0.15, 0.2) is 0 Å². The molecule has 0 bridgehead atoms. The van der Waals surface area contributed by atoms with Gasteiger partial charge >= 0.3 is 16.7 Å². The SMILES string of the molecule is O=S(=O)(F)OCc1ccc(C(F)(F)F)cc1. The maximum absolute atomic E-state index is 12.1. The zero-order valence-electron chi connectivity index (χ0n) is 7.66. The van der Waals surface area contributed by atoms with Crippen LogP contribution in [0.4, 0.5) is 17.1 Å². The topological polar surface area (TPSA) is 43.4 Å². The molecule has 0 aromatic heterocycles. The molecule has 0 N–H and O–H groups in total. The lowest BCUT2D eigenvalue weighted by molar-refractivity contribution is -0.137. The van der Waals surface area contributed by atoms with Crippen LogP contribution in [0.1, 0.15) is 11.1 Å². The first-order valence-corrected chi connectivity index (χ1v) is 5.24. The number of rotatable bonds is 3. The molecule has 0 heterocycles. The Balaban J connectivity index is 2.73. The van der Waals surface area contributed by atoms with Crippen LogP contribution in [0, 0.1) is 0 Å². The van der Waals surface area contributed by atoms with Crippen LogP contribution >= 0.6 is 0 Å². The minimum Gasteiger partial charge on any atom is -0.240 e. The zero-order chi connectivity index (χ0) is 12.4. The third-order valence-corrected chi connectivity index (χ3v) is 2.05. The highest BCUT2D eigenvalue weighted by Gasteiger charge is 2.29. The molecule has 0 amide bonds. The molecule has 8 heteroatoms. The standard InChI is InChI=1S/C8H6F4O3S/c9-8(10,11)7-3-1-6(2-4-7)5-15-16(12,13)14/h1-4H,5H2. The third-order valence-electron chi connectivity index (χ3n) is 1.65. The van der Waals surface area contributed by atoms with Gasteiger partial charge in [0.05, 0.1) is 12.2 Å². The van der Waals surface area contributed by atoms with Crippen molar-refractivity contribution in [2.45, 2.75) is 12.8 Å². The van der Waals surface area contributed by atoms with Crippen LogP contribution in [0.25, 0.3) is 0 Å². The fourth-order valence-electron chi connectivity index (χ4n) is 0.928. The predicted octanol–water partition coefficient (Wildman–Crippen LogP) is 2.44. The summed E-state index contributed by atoms with van der Waals surface area (Å²) in [5.41, 5.74) is -0.756. The van der Waals surface area contributed by atoms with E-state index in [0.717, 1.165) is 24.3 Å². The van der Waals surface area contributed by atoms with E-state index in [-0.39, 0.29) is 5.56 Å². The Morgan fingerprint density at radius 2 is 1.62 bits per heavy atom. The normalized spacial score (nSPS) is 12.8. The van der Waals surface area contributed by atoms with E-state index in [9.17, 15) is 25.5 Å². The van der Waals surface area contributed by atoms with E-state index in [4.69, 9.17) is 0 Å². The lowest BCUT2D eigenvalue weighted by Crippen LogP contribution is -2.05. The number of hydrogen-bond acceptors (Lipinski definition) is 3. The van der Waals surface area contributed by atoms with E-state index in [0.29, 0.717) is 0 Å². The van der Waals surface area contributed by atoms with Crippen LogP contribution < -0.4 is 0 Å². The van der Waals surface area contributed by atoms with Gasteiger partial charge in [0, 0.05) is 0 Å². The molecule has 0 radical (unpaired) electrons. The van der Waals surface area contributed by atoms with E-state index in [1.807, 2.05) is 0 Å². The van der Waals surface area contributed by atoms with Crippen molar-refractivity contribution in [3.63, 3.8) is 0 Å². The Labute approximate surface area is 89.1 Å². The summed E-state index contributed by atoms with van der Waals surface area (Å²) in [5, 5.41) is 0. The van der Waals surface area contributed by atoms with Crippen molar-refractivity contribution in [1.29, 1.82) is 0 Å². The average molecular weight is 258 g/mol. The largest absolute Gasteiger partial charge is 0.437 e. The highest BCUT2D eigenvalue weighted by atomic mass is 32.3. The molecule has 0 atom stereocenters. The number of halogens is 4. The second-order valence-electron chi connectivity index (χ2n) is 2.85. The van der Waals surface area contributed by atoms with Crippen LogP contribution in [-0.2, 0) is 27.5 Å². The molecule has 0 fully saturated rings. The second-order valence-corrected chi connectivity index (χ2v) is 3.87. The number of benzene rings is 1. The number of alkyl halides is 3. The quantitative estimate of drug-likeness (QED) is 0.617. The molecule has 1 rings (SSSR count). The van der Waals surface area contributed by atoms with E-state index < -0.39 is 28.9 Å². The molecule has 0 unspecified atom stereocenters. The van der Waals surface area contributed by atoms with Crippen LogP contribution in [0.15, 0.2) is 24.3 Å². The Morgan fingerprint density at radius 3 is 2.00 bits per heavy atom. The van der Waals surface area contributed by atoms with Gasteiger partial charge in [-0.25, -0.2) is 4.18 Å². The molecule has 1 aromatic carbocycles. The predicted molar refractivity (Wildman–Crippen MR) is 46.3 cm³/mol. The van der Waals surface area contributed by atoms with Gasteiger partial charge in [0.2, 0.25) is 0 Å². The molecule has 0 spiro atoms. The molecule has 0 aliphatic rings. The lowest BCUT2D eigenvalue weighted by Gasteiger charge is -2.06. The fourth-order valence-corrected chi connectivity index (χ4v) is 1.21. The molecule has 0 aliphatic carbocycles. The van der Waals surface area contributed by atoms with Crippen molar-refractivity contribution in [2.24, 2.45) is 0 Å². The molecule has 90 valence electrons. The Hall–Kier alpha value is -1.15. The summed E-state index contributed by atoms with van der Waals surface area (Å²) in [5.74, 6) is 0. The monoisotopic (exact) mass is 258 g/mol. The Kier molecular flexibility index (Phi) is 3.54. The minimum absolute atomic E-state index is 0.120. The summed E-state index contributed by atoms with van der Waals surface area (Å²) >= 11 is 0. The highest BCUT2D eigenvalue weighted by molar-refractivity contribution is 7.81.